The quantitative estimate of drug-likeness (QED) is 0.358. The Kier molecular flexibility index (Phi) is 4.57. The van der Waals surface area contributed by atoms with Crippen LogP contribution in [0.15, 0.2) is 24.3 Å². The minimum absolute atomic E-state index is 0.154. The molecule has 9 heteroatoms. The van der Waals surface area contributed by atoms with Crippen molar-refractivity contribution >= 4 is 49.7 Å². The van der Waals surface area contributed by atoms with Crippen LogP contribution in [0.5, 0.6) is 0 Å². The monoisotopic (exact) mass is 405 g/mol. The average molecular weight is 406 g/mol. The minimum Gasteiger partial charge on any atom is -0.385 e. The summed E-state index contributed by atoms with van der Waals surface area (Å²) in [7, 11) is -3.71. The van der Waals surface area contributed by atoms with Crippen molar-refractivity contribution in [3.63, 3.8) is 0 Å². The second-order valence-electron chi connectivity index (χ2n) is 3.59. The van der Waals surface area contributed by atoms with Crippen molar-refractivity contribution in [3.8, 4) is 0 Å². The normalized spacial score (nSPS) is 16.9. The maximum Gasteiger partial charge on any atom is 0.269 e. The van der Waals surface area contributed by atoms with Crippen molar-refractivity contribution in [2.45, 2.75) is 8.32 Å². The fraction of sp³-hybridized carbons (Fsp3) is 0.333. The summed E-state index contributed by atoms with van der Waals surface area (Å²) in [6.07, 6.45) is -0.586. The molecule has 0 unspecified atom stereocenters. The number of nitro groups is 1. The lowest BCUT2D eigenvalue weighted by Crippen LogP contribution is -2.31. The third-order valence-electron chi connectivity index (χ3n) is 2.23. The van der Waals surface area contributed by atoms with Crippen molar-refractivity contribution in [1.82, 2.24) is 0 Å². The van der Waals surface area contributed by atoms with Gasteiger partial charge >= 0.3 is 0 Å². The van der Waals surface area contributed by atoms with E-state index in [-0.39, 0.29) is 11.3 Å². The van der Waals surface area contributed by atoms with Crippen molar-refractivity contribution in [3.05, 3.63) is 39.9 Å². The van der Waals surface area contributed by atoms with Crippen molar-refractivity contribution in [1.29, 1.82) is 0 Å². The Morgan fingerprint density at radius 3 is 2.22 bits per heavy atom. The van der Waals surface area contributed by atoms with Crippen molar-refractivity contribution in [2.75, 3.05) is 6.26 Å². The molecule has 0 aliphatic heterocycles. The molecule has 0 heterocycles. The summed E-state index contributed by atoms with van der Waals surface area (Å²) in [4.78, 5) is 9.87. The van der Waals surface area contributed by atoms with E-state index in [0.717, 1.165) is 6.26 Å². The van der Waals surface area contributed by atoms with Gasteiger partial charge in [-0.1, -0.05) is 11.6 Å². The van der Waals surface area contributed by atoms with Gasteiger partial charge in [-0.3, -0.25) is 10.1 Å². The average Bonchev–Trinajstić information content (AvgIpc) is 2.26. The number of alkyl halides is 2. The fourth-order valence-corrected chi connectivity index (χ4v) is 2.20. The van der Waals surface area contributed by atoms with Crippen molar-refractivity contribution in [2.24, 2.45) is 0 Å². The predicted molar refractivity (Wildman–Crippen MR) is 75.5 cm³/mol. The fourth-order valence-electron chi connectivity index (χ4n) is 1.18. The molecule has 0 saturated carbocycles. The van der Waals surface area contributed by atoms with E-state index in [9.17, 15) is 23.6 Å². The third kappa shape index (κ3) is 3.11. The van der Waals surface area contributed by atoms with Crippen LogP contribution in [0.4, 0.5) is 5.69 Å². The zero-order valence-electron chi connectivity index (χ0n) is 9.08. The molecule has 18 heavy (non-hydrogen) atoms. The van der Waals surface area contributed by atoms with E-state index >= 15 is 0 Å². The van der Waals surface area contributed by atoms with Crippen LogP contribution in [0.2, 0.25) is 0 Å². The van der Waals surface area contributed by atoms with Crippen LogP contribution in [0.25, 0.3) is 0 Å². The number of benzene rings is 1. The Labute approximate surface area is 122 Å². The number of non-ortho nitro benzene ring substituents is 1. The number of nitro benzene ring substituents is 1. The lowest BCUT2D eigenvalue weighted by Gasteiger charge is -2.24. The first-order valence-corrected chi connectivity index (χ1v) is 7.92. The maximum atomic E-state index is 11.4. The number of nitrogens with zero attached hydrogens (tertiary/aromatic N) is 1. The van der Waals surface area contributed by atoms with Gasteiger partial charge in [0.1, 0.15) is 6.10 Å². The minimum atomic E-state index is -3.71. The molecule has 0 aliphatic rings. The van der Waals surface area contributed by atoms with Gasteiger partial charge in [-0.2, -0.15) is 0 Å². The molecule has 0 fully saturated rings. The van der Waals surface area contributed by atoms with Gasteiger partial charge in [-0.15, -0.1) is 0 Å². The lowest BCUT2D eigenvalue weighted by atomic mass is 10.1. The second-order valence-corrected chi connectivity index (χ2v) is 9.66. The van der Waals surface area contributed by atoms with Crippen LogP contribution in [0.1, 0.15) is 11.7 Å². The van der Waals surface area contributed by atoms with Crippen LogP contribution >= 0.6 is 34.2 Å². The standard InChI is InChI=1S/C9H9ClINO5S/c1-18(16,17)9(10,11)8(13)6-2-4-7(5-3-6)12(14)15/h2-5,8,13H,1H3/t8-,9+/m1/s1. The van der Waals surface area contributed by atoms with Gasteiger partial charge in [-0.05, 0) is 40.3 Å². The van der Waals surface area contributed by atoms with Gasteiger partial charge in [-0.25, -0.2) is 8.42 Å². The molecule has 6 nitrogen and oxygen atoms in total. The molecule has 100 valence electrons. The molecule has 0 amide bonds. The van der Waals surface area contributed by atoms with Crippen LogP contribution in [0.3, 0.4) is 0 Å². The summed E-state index contributed by atoms with van der Waals surface area (Å²) >= 11 is 7.24. The highest BCUT2D eigenvalue weighted by Crippen LogP contribution is 2.42. The number of hydrogen-bond acceptors (Lipinski definition) is 5. The largest absolute Gasteiger partial charge is 0.385 e. The molecule has 0 aromatic heterocycles. The van der Waals surface area contributed by atoms with E-state index in [4.69, 9.17) is 11.6 Å². The van der Waals surface area contributed by atoms with Crippen LogP contribution in [-0.2, 0) is 9.84 Å². The molecule has 2 atom stereocenters. The molecular weight excluding hydrogens is 397 g/mol. The van der Waals surface area contributed by atoms with Gasteiger partial charge in [0.2, 0.25) is 2.21 Å². The Morgan fingerprint density at radius 1 is 1.44 bits per heavy atom. The number of sulfone groups is 1. The van der Waals surface area contributed by atoms with Crippen LogP contribution < -0.4 is 0 Å². The summed E-state index contributed by atoms with van der Waals surface area (Å²) in [5.74, 6) is 0. The lowest BCUT2D eigenvalue weighted by molar-refractivity contribution is -0.384. The molecule has 1 aromatic carbocycles. The van der Waals surface area contributed by atoms with Crippen molar-refractivity contribution < 1.29 is 18.4 Å². The summed E-state index contributed by atoms with van der Waals surface area (Å²) in [5.41, 5.74) is 0.0364. The zero-order valence-corrected chi connectivity index (χ0v) is 12.8. The Morgan fingerprint density at radius 2 is 1.89 bits per heavy atom. The first-order chi connectivity index (χ1) is 8.07. The first kappa shape index (κ1) is 15.6. The Balaban J connectivity index is 3.12. The number of aliphatic hydroxyl groups excluding tert-OH is 1. The highest BCUT2D eigenvalue weighted by atomic mass is 127. The van der Waals surface area contributed by atoms with Gasteiger partial charge in [0.25, 0.3) is 5.69 Å². The van der Waals surface area contributed by atoms with E-state index < -0.39 is 23.1 Å². The SMILES string of the molecule is CS(=O)(=O)[C@@](Cl)(I)[C@H](O)c1ccc([N+](=O)[O-])cc1. The molecule has 0 radical (unpaired) electrons. The van der Waals surface area contributed by atoms with E-state index in [1.54, 1.807) is 0 Å². The van der Waals surface area contributed by atoms with Gasteiger partial charge in [0.15, 0.2) is 9.84 Å². The Bertz CT molecular complexity index is 557. The van der Waals surface area contributed by atoms with E-state index in [0.29, 0.717) is 0 Å². The zero-order chi connectivity index (χ0) is 14.1. The van der Waals surface area contributed by atoms with E-state index in [2.05, 4.69) is 0 Å². The van der Waals surface area contributed by atoms with E-state index in [1.165, 1.54) is 46.9 Å². The first-order valence-electron chi connectivity index (χ1n) is 4.57. The molecule has 1 rings (SSSR count). The highest BCUT2D eigenvalue weighted by molar-refractivity contribution is 14.1. The molecule has 0 spiro atoms. The molecule has 0 aliphatic carbocycles. The van der Waals surface area contributed by atoms with E-state index in [1.807, 2.05) is 0 Å². The number of halogens is 2. The van der Waals surface area contributed by atoms with Gasteiger partial charge in [0.05, 0.1) is 4.92 Å². The van der Waals surface area contributed by atoms with Crippen LogP contribution in [0, 0.1) is 10.1 Å². The molecule has 0 bridgehead atoms. The number of hydrogen-bond donors (Lipinski definition) is 1. The molecule has 0 saturated heterocycles. The summed E-state index contributed by atoms with van der Waals surface area (Å²) in [5, 5.41) is 20.4. The second kappa shape index (κ2) is 5.27. The van der Waals surface area contributed by atoms with Gasteiger partial charge in [0, 0.05) is 18.4 Å². The Hall–Kier alpha value is -0.450. The summed E-state index contributed by atoms with van der Waals surface area (Å²) in [6.45, 7) is 0. The molecule has 1 N–H and O–H groups in total. The summed E-state index contributed by atoms with van der Waals surface area (Å²) < 4.78 is 21.0. The smallest absolute Gasteiger partial charge is 0.269 e. The maximum absolute atomic E-state index is 11.4. The number of aliphatic hydroxyl groups is 1. The van der Waals surface area contributed by atoms with Crippen LogP contribution in [-0.4, -0.2) is 26.9 Å². The predicted octanol–water partition coefficient (Wildman–Crippen LogP) is 2.00. The highest BCUT2D eigenvalue weighted by Gasteiger charge is 2.44. The summed E-state index contributed by atoms with van der Waals surface area (Å²) in [6, 6.07) is 4.88. The number of rotatable bonds is 4. The molecule has 1 aromatic rings. The third-order valence-corrected chi connectivity index (χ3v) is 7.48. The molecular formula is C9H9ClINO5S. The van der Waals surface area contributed by atoms with Gasteiger partial charge < -0.3 is 5.11 Å². The topological polar surface area (TPSA) is 97.5 Å².